The molecule has 141 heavy (non-hydrogen) atoms. The van der Waals surface area contributed by atoms with Gasteiger partial charge in [0, 0.05) is 101 Å². The number of rotatable bonds is 5. The number of fused-ring (bicyclic) bond motifs is 30. The molecule has 0 aliphatic heterocycles. The topological polar surface area (TPSA) is 50.8 Å². The standard InChI is InChI=1S/C25H23N2.C23H19N2.C20H21N2.C20H19N2.C19H17N2.C18H17N2.4CH4/c1-16-7-5-8-17(2)24(16)19-11-12-20-22(15-19)21-10-6-9-18(3)25(21)27-23(20)13-14-26(27)4;1-16-7-6-10-20-21-15-18(17-8-4-3-5-9-17)11-12-19(21)22-13-14-24(2)25(22)23(16)20;1-13(2)15-8-9-16-18(12-15)17-7-5-6-14(3)20(17)22-19(16)10-11-21(22)4;1-14-11-12-21(3)19(13-14)22-18-10-5-4-8-16(18)17-9-6-7-15(2)20(17)22;1-14-8-7-10-16-15-9-3-4-11-17(15)21(19(14)16)18-12-5-6-13-20(18)2;1-12-7-8-14-16(11-12)15-6-4-5-13(2)18(15)20-17(14)9-10-19(20)3;;;;/h5-15H,1-4H3;3-15H,1-2H3;5-13H,1-4H3;4-13H,1-3H3;3-13H,1-2H3;4-11H,1-3H3;4*1H4/q6*+1;;;;. The number of pyridine rings is 6. The van der Waals surface area contributed by atoms with Crippen LogP contribution in [0.3, 0.4) is 0 Å². The van der Waals surface area contributed by atoms with Crippen LogP contribution >= 0.6 is 0 Å². The molecule has 0 saturated heterocycles. The van der Waals surface area contributed by atoms with Gasteiger partial charge in [-0.25, -0.2) is 9.13 Å². The predicted molar refractivity (Wildman–Crippen MR) is 598 cm³/mol. The van der Waals surface area contributed by atoms with Crippen molar-refractivity contribution in [2.24, 2.45) is 42.3 Å². The molecule has 26 rings (SSSR count). The van der Waals surface area contributed by atoms with Gasteiger partial charge >= 0.3 is 0 Å². The predicted octanol–water partition coefficient (Wildman–Crippen LogP) is 29.6. The molecule has 0 spiro atoms. The van der Waals surface area contributed by atoms with Crippen LogP contribution in [0.4, 0.5) is 0 Å². The zero-order chi connectivity index (χ0) is 94.6. The number of hydrogen-bond acceptors (Lipinski definition) is 0. The molecule has 702 valence electrons. The molecule has 12 aromatic heterocycles. The van der Waals surface area contributed by atoms with Crippen molar-refractivity contribution in [1.29, 1.82) is 0 Å². The molecule has 12 nitrogen and oxygen atoms in total. The third-order valence-corrected chi connectivity index (χ3v) is 28.4. The number of aromatic nitrogens is 12. The van der Waals surface area contributed by atoms with Crippen LogP contribution in [0.5, 0.6) is 0 Å². The van der Waals surface area contributed by atoms with Gasteiger partial charge in [0.25, 0.3) is 11.6 Å². The fourth-order valence-electron chi connectivity index (χ4n) is 21.7. The SMILES string of the molecule is C.C.C.C.Cc1cc[n+](C)c(-n2c3ccccc3c3cccc(C)c32)c1.Cc1ccc2c(c1)c1cccc(C)c1n1c2cc[n+]1C.Cc1cccc(C)c1-c1ccc2c(c1)c1cccc(C)c1n1c2cc[n+]1C.Cc1cccc2c3cc(-c4ccccc4)ccc3c3cc[n+](C)n3c12.Cc1cccc2c3cc(C(C)C)ccc3c3cc[n+](C)n3c12.Cc1cccc2c3ccccc3n(-c3cccc[n+]3C)c12. The summed E-state index contributed by atoms with van der Waals surface area (Å²) in [7, 11) is 12.6. The summed E-state index contributed by atoms with van der Waals surface area (Å²) in [6.45, 7) is 26.3. The van der Waals surface area contributed by atoms with E-state index in [0.29, 0.717) is 5.92 Å². The average molecular weight is 1850 g/mol. The first-order valence-electron chi connectivity index (χ1n) is 47.8. The number of nitrogens with zero attached hydrogens (tertiary/aromatic N) is 12. The lowest BCUT2D eigenvalue weighted by Crippen LogP contribution is -2.34. The van der Waals surface area contributed by atoms with E-state index in [4.69, 9.17) is 0 Å². The summed E-state index contributed by atoms with van der Waals surface area (Å²) >= 11 is 0. The van der Waals surface area contributed by atoms with E-state index in [0.717, 1.165) is 0 Å². The second-order valence-electron chi connectivity index (χ2n) is 37.9. The second kappa shape index (κ2) is 39.0. The van der Waals surface area contributed by atoms with Crippen LogP contribution in [0.15, 0.2) is 371 Å². The summed E-state index contributed by atoms with van der Waals surface area (Å²) in [6.07, 6.45) is 12.8. The minimum absolute atomic E-state index is 0. The number of hydrogen-bond donors (Lipinski definition) is 0. The highest BCUT2D eigenvalue weighted by Crippen LogP contribution is 2.42. The van der Waals surface area contributed by atoms with Crippen molar-refractivity contribution in [3.63, 3.8) is 0 Å². The Kier molecular flexibility index (Phi) is 26.7. The van der Waals surface area contributed by atoms with Crippen molar-refractivity contribution in [3.05, 3.63) is 432 Å². The molecule has 0 radical (unpaired) electrons. The van der Waals surface area contributed by atoms with Crippen LogP contribution in [-0.2, 0) is 42.3 Å². The van der Waals surface area contributed by atoms with Gasteiger partial charge in [-0.3, -0.25) is 0 Å². The molecular weight excluding hydrogens is 1720 g/mol. The lowest BCUT2D eigenvalue weighted by molar-refractivity contribution is -0.735. The molecular formula is C129H132N12+6. The van der Waals surface area contributed by atoms with E-state index < -0.39 is 0 Å². The highest BCUT2D eigenvalue weighted by molar-refractivity contribution is 6.18. The molecule has 0 aliphatic rings. The highest BCUT2D eigenvalue weighted by Gasteiger charge is 2.27. The molecule has 0 fully saturated rings. The number of para-hydroxylation sites is 8. The van der Waals surface area contributed by atoms with Crippen LogP contribution in [0.25, 0.3) is 186 Å². The molecule has 0 N–H and O–H groups in total. The lowest BCUT2D eigenvalue weighted by atomic mass is 9.93. The summed E-state index contributed by atoms with van der Waals surface area (Å²) in [5.74, 6) is 2.92. The van der Waals surface area contributed by atoms with Gasteiger partial charge in [0.05, 0.1) is 26.5 Å². The van der Waals surface area contributed by atoms with Crippen molar-refractivity contribution in [2.45, 2.75) is 119 Å². The first kappa shape index (κ1) is 96.5. The Hall–Kier alpha value is -16.2. The normalized spacial score (nSPS) is 11.3. The van der Waals surface area contributed by atoms with Gasteiger partial charge in [0.1, 0.15) is 66.2 Å². The zero-order valence-corrected chi connectivity index (χ0v) is 81.7. The van der Waals surface area contributed by atoms with E-state index in [1.165, 1.54) is 247 Å². The van der Waals surface area contributed by atoms with Gasteiger partial charge in [0.15, 0.2) is 53.0 Å². The smallest absolute Gasteiger partial charge is 0.237 e. The molecule has 12 heteroatoms. The minimum atomic E-state index is 0. The van der Waals surface area contributed by atoms with E-state index in [9.17, 15) is 0 Å². The molecule has 26 aromatic rings. The molecule has 0 amide bonds. The van der Waals surface area contributed by atoms with E-state index in [1.807, 2.05) is 0 Å². The zero-order valence-electron chi connectivity index (χ0n) is 81.7. The Balaban J connectivity index is 0.000000116. The molecule has 14 aromatic carbocycles. The number of benzene rings is 14. The van der Waals surface area contributed by atoms with Gasteiger partial charge in [-0.2, -0.15) is 9.13 Å². The third kappa shape index (κ3) is 16.7. The maximum absolute atomic E-state index is 2.38. The van der Waals surface area contributed by atoms with Crippen LogP contribution in [0.2, 0.25) is 0 Å². The quantitative estimate of drug-likeness (QED) is 0.122. The van der Waals surface area contributed by atoms with Crippen LogP contribution < -0.4 is 27.9 Å². The molecule has 0 atom stereocenters. The van der Waals surface area contributed by atoms with E-state index >= 15 is 0 Å². The van der Waals surface area contributed by atoms with Gasteiger partial charge in [-0.1, -0.05) is 286 Å². The fraction of sp³-hybridized carbons (Fsp3) is 0.178. The molecule has 0 bridgehead atoms. The van der Waals surface area contributed by atoms with Gasteiger partial charge in [-0.15, -0.1) is 36.8 Å². The van der Waals surface area contributed by atoms with Crippen LogP contribution in [0.1, 0.15) is 111 Å². The Labute approximate surface area is 828 Å². The fourth-order valence-corrected chi connectivity index (χ4v) is 21.7. The van der Waals surface area contributed by atoms with Crippen molar-refractivity contribution >= 4 is 152 Å². The first-order valence-corrected chi connectivity index (χ1v) is 47.8. The average Bonchev–Trinajstić information content (AvgIpc) is 1.70. The van der Waals surface area contributed by atoms with Crippen molar-refractivity contribution in [1.82, 2.24) is 27.2 Å². The minimum Gasteiger partial charge on any atom is -0.237 e. The Morgan fingerprint density at radius 2 is 0.511 bits per heavy atom. The molecule has 12 heterocycles. The molecule has 0 saturated carbocycles. The summed E-state index contributed by atoms with van der Waals surface area (Å²) in [5, 5.41) is 21.1. The monoisotopic (exact) mass is 1850 g/mol. The number of aryl methyl sites for hydroxylation is 16. The largest absolute Gasteiger partial charge is 0.286 e. The Morgan fingerprint density at radius 3 is 0.936 bits per heavy atom. The molecule has 0 unspecified atom stereocenters. The van der Waals surface area contributed by atoms with Gasteiger partial charge < -0.3 is 0 Å². The van der Waals surface area contributed by atoms with E-state index in [-0.39, 0.29) is 29.7 Å². The van der Waals surface area contributed by atoms with Gasteiger partial charge in [-0.05, 0) is 235 Å². The first-order chi connectivity index (χ1) is 66.5. The summed E-state index contributed by atoms with van der Waals surface area (Å²) < 4.78 is 27.0. The van der Waals surface area contributed by atoms with Crippen molar-refractivity contribution < 1.29 is 27.9 Å². The highest BCUT2D eigenvalue weighted by atomic mass is 15.4. The van der Waals surface area contributed by atoms with Gasteiger partial charge in [0.2, 0.25) is 0 Å². The van der Waals surface area contributed by atoms with E-state index in [2.05, 4.69) is 551 Å². The maximum Gasteiger partial charge on any atom is 0.286 e. The van der Waals surface area contributed by atoms with Crippen molar-refractivity contribution in [3.8, 4) is 33.9 Å². The molecule has 0 aliphatic carbocycles. The van der Waals surface area contributed by atoms with Crippen molar-refractivity contribution in [2.75, 3.05) is 0 Å². The maximum atomic E-state index is 2.38. The summed E-state index contributed by atoms with van der Waals surface area (Å²) in [5.41, 5.74) is 34.9. The summed E-state index contributed by atoms with van der Waals surface area (Å²) in [4.78, 5) is 0. The lowest BCUT2D eigenvalue weighted by Gasteiger charge is -2.13. The van der Waals surface area contributed by atoms with E-state index in [1.54, 1.807) is 0 Å². The Bertz CT molecular complexity index is 9330. The van der Waals surface area contributed by atoms with Crippen LogP contribution in [0, 0.1) is 69.2 Å². The second-order valence-corrected chi connectivity index (χ2v) is 37.9. The summed E-state index contributed by atoms with van der Waals surface area (Å²) in [6, 6.07) is 121. The third-order valence-electron chi connectivity index (χ3n) is 28.4. The Morgan fingerprint density at radius 1 is 0.199 bits per heavy atom. The van der Waals surface area contributed by atoms with Crippen LogP contribution in [-0.4, -0.2) is 27.2 Å².